The number of nitrogens with zero attached hydrogens (tertiary/aromatic N) is 11. The van der Waals surface area contributed by atoms with E-state index in [0.29, 0.717) is 128 Å². The molecular formula is C81H99ClN18O13S3. The van der Waals surface area contributed by atoms with Gasteiger partial charge in [0.25, 0.3) is 17.4 Å². The number of para-hydroxylation sites is 1. The summed E-state index contributed by atoms with van der Waals surface area (Å²) in [6, 6.07) is 17.9. The summed E-state index contributed by atoms with van der Waals surface area (Å²) >= 11 is 6.57. The zero-order valence-electron chi connectivity index (χ0n) is 66.2. The van der Waals surface area contributed by atoms with E-state index in [9.17, 15) is 56.4 Å². The van der Waals surface area contributed by atoms with Gasteiger partial charge in [0.2, 0.25) is 47.3 Å². The molecule has 4 aromatic heterocycles. The van der Waals surface area contributed by atoms with E-state index in [-0.39, 0.29) is 150 Å². The number of nitrogens with one attached hydrogen (secondary N) is 7. The number of imide groups is 2. The van der Waals surface area contributed by atoms with Crippen molar-refractivity contribution in [1.82, 2.24) is 65.0 Å². The molecule has 4 fully saturated rings. The number of sulfone groups is 1. The van der Waals surface area contributed by atoms with Gasteiger partial charge < -0.3 is 51.3 Å². The summed E-state index contributed by atoms with van der Waals surface area (Å²) in [4.78, 5) is 165. The first kappa shape index (κ1) is 85.1. The highest BCUT2D eigenvalue weighted by atomic mass is 35.5. The van der Waals surface area contributed by atoms with E-state index in [1.54, 1.807) is 68.1 Å². The zero-order valence-corrected chi connectivity index (χ0v) is 69.4. The Balaban J connectivity index is 0.593. The van der Waals surface area contributed by atoms with Crippen molar-refractivity contribution in [3.05, 3.63) is 134 Å². The van der Waals surface area contributed by atoms with E-state index in [1.807, 2.05) is 49.9 Å². The summed E-state index contributed by atoms with van der Waals surface area (Å²) in [5.41, 5.74) is 5.39. The van der Waals surface area contributed by atoms with Gasteiger partial charge in [-0.2, -0.15) is 9.97 Å². The number of halogens is 1. The number of aromatic nitrogens is 6. The molecule has 7 aromatic rings. The number of fused-ring (bicyclic) bond motifs is 2. The smallest absolute Gasteiger partial charge is 0.264 e. The van der Waals surface area contributed by atoms with E-state index in [0.717, 1.165) is 47.4 Å². The highest BCUT2D eigenvalue weighted by Crippen LogP contribution is 2.41. The number of aryl methyl sites for hydroxylation is 2. The molecular weight excluding hydrogens is 1560 g/mol. The molecule has 0 spiro atoms. The highest BCUT2D eigenvalue weighted by Gasteiger charge is 2.46. The van der Waals surface area contributed by atoms with Crippen molar-refractivity contribution in [2.75, 3.05) is 116 Å². The maximum Gasteiger partial charge on any atom is 0.264 e. The number of piperidine rings is 2. The number of likely N-dealkylation sites (tertiary alicyclic amines) is 1. The number of unbranched alkanes of at least 4 members (excludes halogenated alkanes) is 1. The van der Waals surface area contributed by atoms with Crippen LogP contribution in [0.15, 0.2) is 95.0 Å². The van der Waals surface area contributed by atoms with Gasteiger partial charge in [0.15, 0.2) is 21.4 Å². The fraction of sp³-hybridized carbons (Fsp3) is 0.469. The molecule has 8 amide bonds. The summed E-state index contributed by atoms with van der Waals surface area (Å²) in [5, 5.41) is 21.0. The number of rotatable bonds is 35. The molecule has 1 saturated carbocycles. The van der Waals surface area contributed by atoms with Crippen LogP contribution in [-0.2, 0) is 38.6 Å². The van der Waals surface area contributed by atoms with E-state index in [2.05, 4.69) is 67.0 Å². The van der Waals surface area contributed by atoms with Gasteiger partial charge in [0.05, 0.1) is 75.5 Å². The van der Waals surface area contributed by atoms with Crippen molar-refractivity contribution in [2.24, 2.45) is 0 Å². The van der Waals surface area contributed by atoms with Crippen LogP contribution in [0.4, 0.5) is 46.3 Å². The Hall–Kier alpha value is -10.3. The van der Waals surface area contributed by atoms with Crippen LogP contribution < -0.4 is 52.4 Å². The molecule has 1 unspecified atom stereocenters. The van der Waals surface area contributed by atoms with Gasteiger partial charge in [0.1, 0.15) is 28.3 Å². The van der Waals surface area contributed by atoms with Crippen LogP contribution in [0.5, 0.6) is 5.75 Å². The Bertz CT molecular complexity index is 5050. The van der Waals surface area contributed by atoms with Crippen LogP contribution >= 0.6 is 33.2 Å². The molecule has 1 aliphatic carbocycles. The van der Waals surface area contributed by atoms with Gasteiger partial charge in [-0.3, -0.25) is 67.6 Å². The van der Waals surface area contributed by atoms with Crippen LogP contribution in [0, 0.1) is 13.8 Å². The van der Waals surface area contributed by atoms with Crippen LogP contribution in [0.25, 0.3) is 11.0 Å². The van der Waals surface area contributed by atoms with Gasteiger partial charge in [-0.15, -0.1) is 0 Å². The third-order valence-electron chi connectivity index (χ3n) is 21.4. The highest BCUT2D eigenvalue weighted by molar-refractivity contribution is 8.76. The molecule has 8 heterocycles. The molecule has 12 rings (SSSR count). The van der Waals surface area contributed by atoms with Crippen LogP contribution in [-0.4, -0.2) is 218 Å². The minimum absolute atomic E-state index is 0.00602. The second kappa shape index (κ2) is 38.6. The largest absolute Gasteiger partial charge is 0.489 e. The normalized spacial score (nSPS) is 16.3. The third kappa shape index (κ3) is 20.6. The molecule has 1 atom stereocenters. The number of amides is 8. The number of carbonyl (C=O) groups excluding carboxylic acids is 9. The van der Waals surface area contributed by atoms with Crippen LogP contribution in [0.1, 0.15) is 171 Å². The number of hydrogen-bond donors (Lipinski definition) is 7. The zero-order chi connectivity index (χ0) is 82.5. The monoisotopic (exact) mass is 1660 g/mol. The lowest BCUT2D eigenvalue weighted by atomic mass is 9.86. The lowest BCUT2D eigenvalue weighted by molar-refractivity contribution is -0.136. The number of ketones is 1. The van der Waals surface area contributed by atoms with Gasteiger partial charge in [-0.25, -0.2) is 23.4 Å². The molecule has 3 saturated heterocycles. The summed E-state index contributed by atoms with van der Waals surface area (Å²) in [7, 11) is -0.596. The van der Waals surface area contributed by atoms with Crippen molar-refractivity contribution >= 4 is 153 Å². The number of hydrogen-bond acceptors (Lipinski definition) is 26. The van der Waals surface area contributed by atoms with Crippen LogP contribution in [0.3, 0.4) is 0 Å². The third-order valence-corrected chi connectivity index (χ3v) is 26.3. The number of piperazine rings is 1. The minimum Gasteiger partial charge on any atom is -0.489 e. The number of pyridine rings is 2. The van der Waals surface area contributed by atoms with Crippen molar-refractivity contribution in [3.8, 4) is 5.75 Å². The predicted molar refractivity (Wildman–Crippen MR) is 448 cm³/mol. The topological polar surface area (TPSA) is 384 Å². The molecule has 5 aliphatic rings. The first-order valence-electron chi connectivity index (χ1n) is 39.5. The SMILES string of the molecule is CC(=O)c1c(C)c2cnc(Nc3ccc(N4CCN(CC(=O)NCCSSCCN(CC(=O)NCCNc5cccc6c5C(=O)N(C5CCC(=O)NC5=O)C6=O)C(=O)CCCCC(=O)N5CCC(c6cc(OC(C)C)c(Nc7ncc(Cl)c(Nc8ccccc8S(=O)(=O)C(C)C)n7)cc6C)CC5)CC4)cn3)nc2n(C2CCCC2)c1=O. The predicted octanol–water partition coefficient (Wildman–Crippen LogP) is 9.81. The summed E-state index contributed by atoms with van der Waals surface area (Å²) in [6.45, 7) is 16.9. The average Bonchev–Trinajstić information content (AvgIpc) is 1.54. The fourth-order valence-electron chi connectivity index (χ4n) is 15.3. The van der Waals surface area contributed by atoms with E-state index >= 15 is 0 Å². The molecule has 116 heavy (non-hydrogen) atoms. The summed E-state index contributed by atoms with van der Waals surface area (Å²) in [6.07, 6.45) is 11.0. The quantitative estimate of drug-likeness (QED) is 0.00840. The lowest BCUT2D eigenvalue weighted by Crippen LogP contribution is -2.54. The van der Waals surface area contributed by atoms with Crippen LogP contribution in [0.2, 0.25) is 5.02 Å². The second-order valence-corrected chi connectivity index (χ2v) is 35.7. The molecule has 31 nitrogen and oxygen atoms in total. The minimum atomic E-state index is -3.65. The second-order valence-electron chi connectivity index (χ2n) is 30.1. The maximum absolute atomic E-state index is 14.1. The Kier molecular flexibility index (Phi) is 28.3. The Morgan fingerprint density at radius 3 is 2.16 bits per heavy atom. The number of benzene rings is 3. The Morgan fingerprint density at radius 2 is 1.44 bits per heavy atom. The molecule has 616 valence electrons. The number of ether oxygens (including phenoxy) is 1. The standard InChI is InChI=1S/C81H99ClN18O13S3/c1-48(2)113-64-42-57(50(5)41-62(64)90-80-88-45-59(82)74(93-80)89-60-18-10-11-20-65(60)116(111,112)49(3)4)53-27-32-97(33-28-53)70(105)21-12-13-22-71(106)98(47-69(104)84-30-29-83-61-19-14-17-56-73(61)79(110)100(77(56)108)63-24-26-67(102)92-76(63)107)38-40-115-114-39-31-85-68(103)46-95-34-36-96(37-35-95)55-23-25-66(86-43-55)91-81-87-44-58-51(6)72(52(7)101)78(109)99(75(58)94-81)54-15-8-9-16-54/h10-11,14,17-20,23,25,41-45,48-49,53-54,63,83H,8-9,12-13,15-16,21-22,24,26-40,46-47H2,1-7H3,(H,84,104)(H,85,103)(H,92,102,107)(H,86,87,91,94)(H2,88,89,90,93). The number of carbonyl (C=O) groups is 9. The van der Waals surface area contributed by atoms with E-state index in [4.69, 9.17) is 21.3 Å². The van der Waals surface area contributed by atoms with Crippen molar-refractivity contribution in [3.63, 3.8) is 0 Å². The van der Waals surface area contributed by atoms with Gasteiger partial charge in [-0.05, 0) is 165 Å². The maximum atomic E-state index is 14.1. The van der Waals surface area contributed by atoms with Gasteiger partial charge >= 0.3 is 0 Å². The number of anilines is 8. The van der Waals surface area contributed by atoms with Crippen molar-refractivity contribution in [2.45, 2.75) is 160 Å². The van der Waals surface area contributed by atoms with Crippen molar-refractivity contribution in [1.29, 1.82) is 0 Å². The lowest BCUT2D eigenvalue weighted by Gasteiger charge is -2.35. The molecule has 35 heteroatoms. The molecule has 7 N–H and O–H groups in total. The summed E-state index contributed by atoms with van der Waals surface area (Å²) in [5.74, 6) is -0.601. The Morgan fingerprint density at radius 1 is 0.724 bits per heavy atom. The molecule has 4 aliphatic heterocycles. The molecule has 0 radical (unpaired) electrons. The fourth-order valence-corrected chi connectivity index (χ4v) is 18.5. The Labute approximate surface area is 686 Å². The van der Waals surface area contributed by atoms with Gasteiger partial charge in [0, 0.05) is 120 Å². The van der Waals surface area contributed by atoms with Crippen molar-refractivity contribution < 1.29 is 56.3 Å². The average molecular weight is 1660 g/mol. The first-order chi connectivity index (χ1) is 55.7. The molecule has 0 bridgehead atoms. The number of Topliss-reactive ketones (excluding diaryl/α,β-unsaturated/α-hetero) is 1. The summed E-state index contributed by atoms with van der Waals surface area (Å²) < 4.78 is 34.5. The van der Waals surface area contributed by atoms with Gasteiger partial charge in [-0.1, -0.05) is 64.2 Å². The van der Waals surface area contributed by atoms with E-state index in [1.165, 1.54) is 51.7 Å². The first-order valence-corrected chi connectivity index (χ1v) is 43.9. The van der Waals surface area contributed by atoms with E-state index < -0.39 is 50.7 Å². The molecule has 3 aromatic carbocycles.